The number of hydrogen-bond acceptors (Lipinski definition) is 4. The van der Waals surface area contributed by atoms with E-state index in [1.54, 1.807) is 18.8 Å². The smallest absolute Gasteiger partial charge is 0.231 e. The van der Waals surface area contributed by atoms with E-state index in [9.17, 15) is 4.79 Å². The Bertz CT molecular complexity index is 472. The molecule has 1 aromatic heterocycles. The van der Waals surface area contributed by atoms with Gasteiger partial charge < -0.3 is 10.1 Å². The second-order valence-corrected chi connectivity index (χ2v) is 6.63. The summed E-state index contributed by atoms with van der Waals surface area (Å²) in [6, 6.07) is 4.03. The SMILES string of the molecule is CNC(=O)C(C)(CC1CCOCC1)c1ccc(SC)cn1. The third-order valence-corrected chi connectivity index (χ3v) is 5.02. The number of nitrogens with one attached hydrogen (secondary N) is 1. The van der Waals surface area contributed by atoms with Crippen molar-refractivity contribution in [1.82, 2.24) is 10.3 Å². The zero-order valence-electron chi connectivity index (χ0n) is 13.0. The van der Waals surface area contributed by atoms with Gasteiger partial charge in [0.15, 0.2) is 0 Å². The minimum atomic E-state index is -0.576. The molecule has 4 nitrogen and oxygen atoms in total. The van der Waals surface area contributed by atoms with Gasteiger partial charge in [-0.15, -0.1) is 11.8 Å². The number of carbonyl (C=O) groups excluding carboxylic acids is 1. The minimum absolute atomic E-state index is 0.0402. The number of nitrogens with zero attached hydrogens (tertiary/aromatic N) is 1. The highest BCUT2D eigenvalue weighted by atomic mass is 32.2. The topological polar surface area (TPSA) is 51.2 Å². The average Bonchev–Trinajstić information content (AvgIpc) is 2.55. The van der Waals surface area contributed by atoms with Gasteiger partial charge in [-0.05, 0) is 50.5 Å². The van der Waals surface area contributed by atoms with Gasteiger partial charge in [-0.25, -0.2) is 0 Å². The van der Waals surface area contributed by atoms with E-state index in [-0.39, 0.29) is 5.91 Å². The average molecular weight is 308 g/mol. The number of ether oxygens (including phenoxy) is 1. The molecule has 1 aromatic rings. The van der Waals surface area contributed by atoms with Crippen molar-refractivity contribution in [3.05, 3.63) is 24.0 Å². The minimum Gasteiger partial charge on any atom is -0.381 e. The molecule has 1 unspecified atom stereocenters. The van der Waals surface area contributed by atoms with Gasteiger partial charge in [0.25, 0.3) is 0 Å². The van der Waals surface area contributed by atoms with Crippen LogP contribution < -0.4 is 5.32 Å². The quantitative estimate of drug-likeness (QED) is 0.850. The fourth-order valence-corrected chi connectivity index (χ4v) is 3.31. The van der Waals surface area contributed by atoms with Gasteiger partial charge in [0.2, 0.25) is 5.91 Å². The third-order valence-electron chi connectivity index (χ3n) is 4.30. The van der Waals surface area contributed by atoms with Crippen LogP contribution in [0.2, 0.25) is 0 Å². The maximum absolute atomic E-state index is 12.5. The van der Waals surface area contributed by atoms with Crippen molar-refractivity contribution in [3.63, 3.8) is 0 Å². The summed E-state index contributed by atoms with van der Waals surface area (Å²) in [6.07, 6.45) is 6.74. The molecule has 1 saturated heterocycles. The van der Waals surface area contributed by atoms with Crippen LogP contribution in [-0.4, -0.2) is 37.4 Å². The highest BCUT2D eigenvalue weighted by molar-refractivity contribution is 7.98. The molecule has 0 saturated carbocycles. The van der Waals surface area contributed by atoms with Gasteiger partial charge in [-0.3, -0.25) is 9.78 Å². The van der Waals surface area contributed by atoms with Crippen LogP contribution in [0.15, 0.2) is 23.2 Å². The van der Waals surface area contributed by atoms with Crippen molar-refractivity contribution < 1.29 is 9.53 Å². The number of thioether (sulfide) groups is 1. The van der Waals surface area contributed by atoms with Crippen LogP contribution in [0, 0.1) is 5.92 Å². The number of likely N-dealkylation sites (N-methyl/N-ethyl adjacent to an activating group) is 1. The molecule has 1 aliphatic heterocycles. The van der Waals surface area contributed by atoms with Crippen LogP contribution in [0.5, 0.6) is 0 Å². The molecule has 5 heteroatoms. The molecule has 1 aliphatic rings. The van der Waals surface area contributed by atoms with Gasteiger partial charge in [-0.2, -0.15) is 0 Å². The van der Waals surface area contributed by atoms with E-state index in [4.69, 9.17) is 4.74 Å². The molecule has 0 spiro atoms. The predicted molar refractivity (Wildman–Crippen MR) is 85.6 cm³/mol. The van der Waals surface area contributed by atoms with Crippen LogP contribution in [0.1, 0.15) is 31.9 Å². The van der Waals surface area contributed by atoms with Crippen LogP contribution in [0.3, 0.4) is 0 Å². The summed E-state index contributed by atoms with van der Waals surface area (Å²) >= 11 is 1.66. The lowest BCUT2D eigenvalue weighted by atomic mass is 9.75. The van der Waals surface area contributed by atoms with Gasteiger partial charge in [-0.1, -0.05) is 0 Å². The van der Waals surface area contributed by atoms with Gasteiger partial charge in [0.1, 0.15) is 0 Å². The number of amides is 1. The standard InChI is InChI=1S/C16H24N2O2S/c1-16(15(19)17-2,10-12-6-8-20-9-7-12)14-5-4-13(21-3)11-18-14/h4-5,11-12H,6-10H2,1-3H3,(H,17,19). The number of rotatable bonds is 5. The summed E-state index contributed by atoms with van der Waals surface area (Å²) in [5.41, 5.74) is 0.277. The first kappa shape index (κ1) is 16.3. The van der Waals surface area contributed by atoms with E-state index in [0.717, 1.165) is 43.1 Å². The van der Waals surface area contributed by atoms with Crippen molar-refractivity contribution in [2.75, 3.05) is 26.5 Å². The van der Waals surface area contributed by atoms with Crippen LogP contribution in [0.25, 0.3) is 0 Å². The van der Waals surface area contributed by atoms with E-state index < -0.39 is 5.41 Å². The van der Waals surface area contributed by atoms with Gasteiger partial charge >= 0.3 is 0 Å². The largest absolute Gasteiger partial charge is 0.381 e. The Balaban J connectivity index is 2.24. The molecule has 1 N–H and O–H groups in total. The zero-order chi connectivity index (χ0) is 15.3. The molecule has 0 bridgehead atoms. The molecule has 1 atom stereocenters. The Labute approximate surface area is 131 Å². The van der Waals surface area contributed by atoms with E-state index in [1.807, 2.05) is 31.5 Å². The van der Waals surface area contributed by atoms with Crippen molar-refractivity contribution in [3.8, 4) is 0 Å². The Morgan fingerprint density at radius 1 is 1.48 bits per heavy atom. The number of carbonyl (C=O) groups is 1. The Morgan fingerprint density at radius 3 is 2.71 bits per heavy atom. The maximum atomic E-state index is 12.5. The lowest BCUT2D eigenvalue weighted by Gasteiger charge is -2.33. The summed E-state index contributed by atoms with van der Waals surface area (Å²) in [6.45, 7) is 3.60. The van der Waals surface area contributed by atoms with Gasteiger partial charge in [0.05, 0.1) is 11.1 Å². The monoisotopic (exact) mass is 308 g/mol. The van der Waals surface area contributed by atoms with Crippen LogP contribution in [0.4, 0.5) is 0 Å². The van der Waals surface area contributed by atoms with Crippen molar-refractivity contribution in [1.29, 1.82) is 0 Å². The lowest BCUT2D eigenvalue weighted by molar-refractivity contribution is -0.126. The fraction of sp³-hybridized carbons (Fsp3) is 0.625. The lowest BCUT2D eigenvalue weighted by Crippen LogP contribution is -2.43. The van der Waals surface area contributed by atoms with E-state index in [2.05, 4.69) is 10.3 Å². The predicted octanol–water partition coefficient (Wildman–Crippen LogP) is 2.62. The van der Waals surface area contributed by atoms with Gasteiger partial charge in [0, 0.05) is 31.4 Å². The summed E-state index contributed by atoms with van der Waals surface area (Å²) in [7, 11) is 1.70. The molecule has 2 heterocycles. The Morgan fingerprint density at radius 2 is 2.19 bits per heavy atom. The molecule has 21 heavy (non-hydrogen) atoms. The maximum Gasteiger partial charge on any atom is 0.231 e. The zero-order valence-corrected chi connectivity index (χ0v) is 13.8. The molecule has 0 aromatic carbocycles. The Hall–Kier alpha value is -1.07. The van der Waals surface area contributed by atoms with Crippen LogP contribution >= 0.6 is 11.8 Å². The van der Waals surface area contributed by atoms with E-state index in [1.165, 1.54) is 0 Å². The summed E-state index contributed by atoms with van der Waals surface area (Å²) in [5.74, 6) is 0.557. The molecule has 0 radical (unpaired) electrons. The first-order valence-electron chi connectivity index (χ1n) is 7.40. The highest BCUT2D eigenvalue weighted by Crippen LogP contribution is 2.34. The summed E-state index contributed by atoms with van der Waals surface area (Å²) in [4.78, 5) is 18.1. The van der Waals surface area contributed by atoms with Crippen molar-refractivity contribution in [2.24, 2.45) is 5.92 Å². The number of hydrogen-bond donors (Lipinski definition) is 1. The summed E-state index contributed by atoms with van der Waals surface area (Å²) < 4.78 is 5.42. The normalized spacial score (nSPS) is 19.0. The summed E-state index contributed by atoms with van der Waals surface area (Å²) in [5, 5.41) is 2.81. The van der Waals surface area contributed by atoms with E-state index >= 15 is 0 Å². The van der Waals surface area contributed by atoms with Crippen molar-refractivity contribution in [2.45, 2.75) is 36.5 Å². The Kier molecular flexibility index (Phi) is 5.65. The molecule has 1 fully saturated rings. The first-order valence-corrected chi connectivity index (χ1v) is 8.63. The molecule has 2 rings (SSSR count). The molecule has 0 aliphatic carbocycles. The fourth-order valence-electron chi connectivity index (χ4n) is 2.94. The van der Waals surface area contributed by atoms with Crippen molar-refractivity contribution >= 4 is 17.7 Å². The molecular formula is C16H24N2O2S. The molecule has 116 valence electrons. The van der Waals surface area contributed by atoms with E-state index in [0.29, 0.717) is 5.92 Å². The molecule has 1 amide bonds. The highest BCUT2D eigenvalue weighted by Gasteiger charge is 2.38. The number of pyridine rings is 1. The second-order valence-electron chi connectivity index (χ2n) is 5.75. The second kappa shape index (κ2) is 7.27. The third kappa shape index (κ3) is 3.77. The number of aromatic nitrogens is 1. The molecular weight excluding hydrogens is 284 g/mol. The van der Waals surface area contributed by atoms with Crippen LogP contribution in [-0.2, 0) is 14.9 Å². The first-order chi connectivity index (χ1) is 10.1.